The van der Waals surface area contributed by atoms with Crippen LogP contribution in [0.2, 0.25) is 0 Å². The molecular weight excluding hydrogens is 358 g/mol. The highest BCUT2D eigenvalue weighted by molar-refractivity contribution is 5.32. The fraction of sp³-hybridized carbons (Fsp3) is 0.333. The van der Waals surface area contributed by atoms with Crippen LogP contribution in [0.1, 0.15) is 65.1 Å². The Bertz CT molecular complexity index is 986. The first kappa shape index (κ1) is 19.2. The maximum Gasteiger partial charge on any atom is 0.144 e. The van der Waals surface area contributed by atoms with E-state index < -0.39 is 0 Å². The first-order valence-corrected chi connectivity index (χ1v) is 10.1. The van der Waals surface area contributed by atoms with Gasteiger partial charge in [-0.05, 0) is 62.4 Å². The predicted octanol–water partition coefficient (Wildman–Crippen LogP) is 4.83. The van der Waals surface area contributed by atoms with Crippen molar-refractivity contribution in [2.45, 2.75) is 51.7 Å². The quantitative estimate of drug-likeness (QED) is 0.646. The normalized spacial score (nSPS) is 19.6. The van der Waals surface area contributed by atoms with Gasteiger partial charge in [-0.3, -0.25) is 14.9 Å². The molecule has 2 atom stereocenters. The SMILES string of the molecule is Cc1cccnc1[C@H]1CCC[C@@H](c2ncccc2C)N1Cc1cccnc1C#N. The summed E-state index contributed by atoms with van der Waals surface area (Å²) in [6.07, 6.45) is 8.64. The molecule has 1 fully saturated rings. The summed E-state index contributed by atoms with van der Waals surface area (Å²) in [6.45, 7) is 4.90. The molecule has 5 nitrogen and oxygen atoms in total. The average Bonchev–Trinajstić information content (AvgIpc) is 2.75. The van der Waals surface area contributed by atoms with Crippen molar-refractivity contribution in [3.8, 4) is 6.07 Å². The van der Waals surface area contributed by atoms with Crippen LogP contribution in [-0.4, -0.2) is 19.9 Å². The highest BCUT2D eigenvalue weighted by Crippen LogP contribution is 2.43. The lowest BCUT2D eigenvalue weighted by molar-refractivity contribution is 0.0677. The summed E-state index contributed by atoms with van der Waals surface area (Å²) in [7, 11) is 0. The summed E-state index contributed by atoms with van der Waals surface area (Å²) < 4.78 is 0. The number of nitriles is 1. The molecule has 4 rings (SSSR count). The number of hydrogen-bond donors (Lipinski definition) is 0. The van der Waals surface area contributed by atoms with Crippen LogP contribution < -0.4 is 0 Å². The Hall–Kier alpha value is -3.10. The van der Waals surface area contributed by atoms with Gasteiger partial charge in [-0.2, -0.15) is 5.26 Å². The van der Waals surface area contributed by atoms with Crippen molar-refractivity contribution in [2.24, 2.45) is 0 Å². The van der Waals surface area contributed by atoms with Crippen molar-refractivity contribution < 1.29 is 0 Å². The third kappa shape index (κ3) is 3.90. The predicted molar refractivity (Wildman–Crippen MR) is 112 cm³/mol. The fourth-order valence-corrected chi connectivity index (χ4v) is 4.42. The second kappa shape index (κ2) is 8.50. The van der Waals surface area contributed by atoms with Crippen LogP contribution in [0.4, 0.5) is 0 Å². The van der Waals surface area contributed by atoms with E-state index in [0.717, 1.165) is 36.2 Å². The van der Waals surface area contributed by atoms with Crippen molar-refractivity contribution in [3.63, 3.8) is 0 Å². The molecule has 0 N–H and O–H groups in total. The Morgan fingerprint density at radius 2 is 1.45 bits per heavy atom. The molecule has 1 saturated heterocycles. The van der Waals surface area contributed by atoms with Gasteiger partial charge in [0.1, 0.15) is 11.8 Å². The van der Waals surface area contributed by atoms with Gasteiger partial charge >= 0.3 is 0 Å². The third-order valence-electron chi connectivity index (χ3n) is 5.84. The number of nitrogens with zero attached hydrogens (tertiary/aromatic N) is 5. The highest BCUT2D eigenvalue weighted by atomic mass is 15.2. The summed E-state index contributed by atoms with van der Waals surface area (Å²) in [6, 6.07) is 14.8. The van der Waals surface area contributed by atoms with Crippen LogP contribution in [0.15, 0.2) is 55.0 Å². The summed E-state index contributed by atoms with van der Waals surface area (Å²) in [5.74, 6) is 0. The van der Waals surface area contributed by atoms with E-state index in [2.05, 4.69) is 41.9 Å². The van der Waals surface area contributed by atoms with E-state index in [1.54, 1.807) is 6.20 Å². The van der Waals surface area contributed by atoms with Gasteiger partial charge in [0.05, 0.1) is 23.5 Å². The summed E-state index contributed by atoms with van der Waals surface area (Å²) in [4.78, 5) is 16.2. The van der Waals surface area contributed by atoms with Gasteiger partial charge in [-0.15, -0.1) is 0 Å². The molecule has 146 valence electrons. The Balaban J connectivity index is 1.79. The summed E-state index contributed by atoms with van der Waals surface area (Å²) in [5, 5.41) is 9.55. The molecule has 3 aromatic heterocycles. The Morgan fingerprint density at radius 1 is 0.897 bits per heavy atom. The van der Waals surface area contributed by atoms with Crippen molar-refractivity contribution >= 4 is 0 Å². The molecule has 1 aliphatic heterocycles. The van der Waals surface area contributed by atoms with Gasteiger partial charge in [0.15, 0.2) is 0 Å². The van der Waals surface area contributed by atoms with Crippen LogP contribution >= 0.6 is 0 Å². The lowest BCUT2D eigenvalue weighted by Gasteiger charge is -2.42. The van der Waals surface area contributed by atoms with Crippen LogP contribution in [0, 0.1) is 25.2 Å². The molecule has 0 saturated carbocycles. The number of likely N-dealkylation sites (tertiary alicyclic amines) is 1. The van der Waals surface area contributed by atoms with Gasteiger partial charge < -0.3 is 0 Å². The number of pyridine rings is 3. The van der Waals surface area contributed by atoms with E-state index in [4.69, 9.17) is 9.97 Å². The molecule has 1 aliphatic rings. The molecule has 0 aromatic carbocycles. The van der Waals surface area contributed by atoms with Gasteiger partial charge in [0.2, 0.25) is 0 Å². The molecular formula is C24H25N5. The Kier molecular flexibility index (Phi) is 5.64. The van der Waals surface area contributed by atoms with Crippen LogP contribution in [0.25, 0.3) is 0 Å². The smallest absolute Gasteiger partial charge is 0.144 e. The summed E-state index contributed by atoms with van der Waals surface area (Å²) >= 11 is 0. The Morgan fingerprint density at radius 3 is 2.00 bits per heavy atom. The van der Waals surface area contributed by atoms with Crippen molar-refractivity contribution in [2.75, 3.05) is 0 Å². The largest absolute Gasteiger partial charge is 0.282 e. The Labute approximate surface area is 172 Å². The molecule has 0 amide bonds. The van der Waals surface area contributed by atoms with E-state index in [-0.39, 0.29) is 12.1 Å². The standard InChI is InChI=1S/C24H25N5/c1-17-7-4-13-27-23(17)21-10-3-11-22(24-18(2)8-5-14-28-24)29(21)16-19-9-6-12-26-20(19)15-25/h4-9,12-14,21-22H,3,10-11,16H2,1-2H3/t21-,22+. The minimum absolute atomic E-state index is 0.183. The van der Waals surface area contributed by atoms with E-state index in [1.807, 2.05) is 36.7 Å². The average molecular weight is 383 g/mol. The highest BCUT2D eigenvalue weighted by Gasteiger charge is 2.35. The molecule has 0 radical (unpaired) electrons. The number of aryl methyl sites for hydroxylation is 2. The van der Waals surface area contributed by atoms with Crippen LogP contribution in [0.3, 0.4) is 0 Å². The first-order chi connectivity index (χ1) is 14.2. The van der Waals surface area contributed by atoms with E-state index in [1.165, 1.54) is 11.1 Å². The maximum absolute atomic E-state index is 9.55. The van der Waals surface area contributed by atoms with Gasteiger partial charge in [-0.1, -0.05) is 18.2 Å². The zero-order valence-electron chi connectivity index (χ0n) is 16.9. The van der Waals surface area contributed by atoms with Crippen LogP contribution in [-0.2, 0) is 6.54 Å². The van der Waals surface area contributed by atoms with Crippen molar-refractivity contribution in [3.05, 3.63) is 88.8 Å². The van der Waals surface area contributed by atoms with E-state index in [9.17, 15) is 5.26 Å². The monoisotopic (exact) mass is 383 g/mol. The second-order valence-electron chi connectivity index (χ2n) is 7.67. The molecule has 29 heavy (non-hydrogen) atoms. The number of hydrogen-bond acceptors (Lipinski definition) is 5. The molecule has 4 heterocycles. The van der Waals surface area contributed by atoms with E-state index in [0.29, 0.717) is 12.2 Å². The number of piperidine rings is 1. The zero-order valence-corrected chi connectivity index (χ0v) is 16.9. The van der Waals surface area contributed by atoms with Gasteiger partial charge in [-0.25, -0.2) is 4.98 Å². The third-order valence-corrected chi connectivity index (χ3v) is 5.84. The number of aromatic nitrogens is 3. The molecule has 0 aliphatic carbocycles. The minimum atomic E-state index is 0.183. The topological polar surface area (TPSA) is 65.7 Å². The van der Waals surface area contributed by atoms with Gasteiger partial charge in [0, 0.05) is 30.7 Å². The van der Waals surface area contributed by atoms with E-state index >= 15 is 0 Å². The lowest BCUT2D eigenvalue weighted by Crippen LogP contribution is -2.37. The fourth-order valence-electron chi connectivity index (χ4n) is 4.42. The first-order valence-electron chi connectivity index (χ1n) is 10.1. The maximum atomic E-state index is 9.55. The van der Waals surface area contributed by atoms with Gasteiger partial charge in [0.25, 0.3) is 0 Å². The minimum Gasteiger partial charge on any atom is -0.282 e. The molecule has 5 heteroatoms. The molecule has 3 aromatic rings. The van der Waals surface area contributed by atoms with Crippen LogP contribution in [0.5, 0.6) is 0 Å². The molecule has 0 unspecified atom stereocenters. The second-order valence-corrected chi connectivity index (χ2v) is 7.67. The number of rotatable bonds is 4. The lowest BCUT2D eigenvalue weighted by atomic mass is 9.88. The zero-order chi connectivity index (χ0) is 20.2. The van der Waals surface area contributed by atoms with Crippen molar-refractivity contribution in [1.29, 1.82) is 5.26 Å². The molecule has 0 bridgehead atoms. The van der Waals surface area contributed by atoms with Crippen molar-refractivity contribution in [1.82, 2.24) is 19.9 Å². The summed E-state index contributed by atoms with van der Waals surface area (Å²) in [5.41, 5.74) is 6.08. The molecule has 0 spiro atoms.